The highest BCUT2D eigenvalue weighted by molar-refractivity contribution is 5.95. The maximum absolute atomic E-state index is 6.51. The minimum atomic E-state index is -0.567. The van der Waals surface area contributed by atoms with E-state index in [1.807, 2.05) is 66.7 Å². The third kappa shape index (κ3) is 3.71. The van der Waals surface area contributed by atoms with Crippen LogP contribution in [-0.2, 0) is 5.41 Å². The molecule has 45 heavy (non-hydrogen) atoms. The minimum absolute atomic E-state index is 0.567. The predicted octanol–water partition coefficient (Wildman–Crippen LogP) is 8.92. The van der Waals surface area contributed by atoms with E-state index < -0.39 is 5.41 Å². The Morgan fingerprint density at radius 1 is 0.422 bits per heavy atom. The highest BCUT2D eigenvalue weighted by Crippen LogP contribution is 2.63. The Morgan fingerprint density at radius 2 is 0.933 bits per heavy atom. The molecule has 0 fully saturated rings. The first kappa shape index (κ1) is 25.4. The van der Waals surface area contributed by atoms with Crippen molar-refractivity contribution < 1.29 is 4.74 Å². The van der Waals surface area contributed by atoms with Crippen LogP contribution < -0.4 is 10.5 Å². The Bertz CT molecular complexity index is 2220. The Hall–Kier alpha value is -6.07. The first-order valence-corrected chi connectivity index (χ1v) is 15.0. The number of benzene rings is 6. The average molecular weight is 579 g/mol. The van der Waals surface area contributed by atoms with E-state index in [4.69, 9.17) is 25.4 Å². The highest BCUT2D eigenvalue weighted by atomic mass is 16.5. The van der Waals surface area contributed by atoms with Gasteiger partial charge in [-0.1, -0.05) is 109 Å². The summed E-state index contributed by atoms with van der Waals surface area (Å²) in [5.41, 5.74) is 15.8. The smallest absolute Gasteiger partial charge is 0.164 e. The number of nitrogen functional groups attached to an aromatic ring is 1. The topological polar surface area (TPSA) is 73.9 Å². The van der Waals surface area contributed by atoms with Crippen LogP contribution in [0.1, 0.15) is 22.3 Å². The number of fused-ring (bicyclic) bond motifs is 9. The van der Waals surface area contributed by atoms with E-state index in [0.717, 1.165) is 50.4 Å². The number of ether oxygens (including phenoxy) is 1. The summed E-state index contributed by atoms with van der Waals surface area (Å²) in [6.45, 7) is 0. The van der Waals surface area contributed by atoms with Crippen LogP contribution >= 0.6 is 0 Å². The van der Waals surface area contributed by atoms with Crippen molar-refractivity contribution in [3.8, 4) is 56.8 Å². The number of nitrogens with two attached hydrogens (primary N) is 1. The average Bonchev–Trinajstić information content (AvgIpc) is 3.40. The molecule has 9 rings (SSSR count). The van der Waals surface area contributed by atoms with Gasteiger partial charge in [0, 0.05) is 33.5 Å². The molecule has 6 aromatic carbocycles. The predicted molar refractivity (Wildman–Crippen MR) is 178 cm³/mol. The second-order valence-electron chi connectivity index (χ2n) is 11.4. The molecule has 5 heteroatoms. The summed E-state index contributed by atoms with van der Waals surface area (Å²) in [6.07, 6.45) is 0. The quantitative estimate of drug-likeness (QED) is 0.212. The first-order valence-electron chi connectivity index (χ1n) is 15.0. The van der Waals surface area contributed by atoms with Gasteiger partial charge in [0.25, 0.3) is 0 Å². The molecule has 2 aliphatic rings. The molecule has 0 amide bonds. The van der Waals surface area contributed by atoms with Crippen molar-refractivity contribution in [3.05, 3.63) is 168 Å². The van der Waals surface area contributed by atoms with Crippen molar-refractivity contribution in [2.24, 2.45) is 0 Å². The van der Waals surface area contributed by atoms with Gasteiger partial charge in [0.1, 0.15) is 11.5 Å². The maximum atomic E-state index is 6.51. The standard InChI is InChI=1S/C40H26N4O/c41-27-23-21-26(22-24-27)38-42-37(25-11-2-1-3-12-25)43-39(44-38)29-14-10-18-33-36(29)28-13-4-5-15-30(28)40(33)31-16-6-8-19-34(31)45-35-20-9-7-17-32(35)40/h1-24H,41H2. The SMILES string of the molecule is Nc1ccc(-c2nc(-c3ccccc3)nc(-c3cccc4c3-c3ccccc3C43c4ccccc4Oc4ccccc43)n2)cc1. The molecule has 0 radical (unpaired) electrons. The molecular formula is C40H26N4O. The zero-order valence-electron chi connectivity index (χ0n) is 24.2. The maximum Gasteiger partial charge on any atom is 0.164 e. The van der Waals surface area contributed by atoms with Crippen LogP contribution in [0.3, 0.4) is 0 Å². The van der Waals surface area contributed by atoms with Crippen molar-refractivity contribution in [2.45, 2.75) is 5.41 Å². The summed E-state index contributed by atoms with van der Waals surface area (Å²) < 4.78 is 6.51. The second-order valence-corrected chi connectivity index (χ2v) is 11.4. The number of aromatic nitrogens is 3. The molecule has 0 atom stereocenters. The van der Waals surface area contributed by atoms with E-state index in [1.54, 1.807) is 0 Å². The van der Waals surface area contributed by atoms with Gasteiger partial charge in [0.05, 0.1) is 5.41 Å². The van der Waals surface area contributed by atoms with Gasteiger partial charge in [-0.05, 0) is 58.7 Å². The van der Waals surface area contributed by atoms with E-state index >= 15 is 0 Å². The number of anilines is 1. The van der Waals surface area contributed by atoms with Gasteiger partial charge in [0.2, 0.25) is 0 Å². The summed E-state index contributed by atoms with van der Waals surface area (Å²) >= 11 is 0. The van der Waals surface area contributed by atoms with Crippen LogP contribution in [0.25, 0.3) is 45.3 Å². The Kier molecular flexibility index (Phi) is 5.50. The van der Waals surface area contributed by atoms with Crippen molar-refractivity contribution in [2.75, 3.05) is 5.73 Å². The van der Waals surface area contributed by atoms with Gasteiger partial charge in [0.15, 0.2) is 17.5 Å². The third-order valence-corrected chi connectivity index (χ3v) is 8.95. The summed E-state index contributed by atoms with van der Waals surface area (Å²) in [5.74, 6) is 3.56. The molecular weight excluding hydrogens is 552 g/mol. The number of para-hydroxylation sites is 2. The highest BCUT2D eigenvalue weighted by Gasteiger charge is 2.51. The summed E-state index contributed by atoms with van der Waals surface area (Å²) in [6, 6.07) is 49.7. The molecule has 212 valence electrons. The lowest BCUT2D eigenvalue weighted by atomic mass is 9.66. The number of nitrogens with zero attached hydrogens (tertiary/aromatic N) is 3. The van der Waals surface area contributed by atoms with Crippen molar-refractivity contribution in [1.29, 1.82) is 0 Å². The molecule has 1 aliphatic carbocycles. The minimum Gasteiger partial charge on any atom is -0.457 e. The molecule has 1 spiro atoms. The molecule has 1 aliphatic heterocycles. The van der Waals surface area contributed by atoms with Gasteiger partial charge in [-0.2, -0.15) is 0 Å². The van der Waals surface area contributed by atoms with Crippen LogP contribution in [0.15, 0.2) is 146 Å². The molecule has 0 saturated carbocycles. The Balaban J connectivity index is 1.36. The van der Waals surface area contributed by atoms with Crippen molar-refractivity contribution >= 4 is 5.69 Å². The van der Waals surface area contributed by atoms with Crippen LogP contribution in [0.2, 0.25) is 0 Å². The molecule has 2 heterocycles. The number of hydrogen-bond donors (Lipinski definition) is 1. The fourth-order valence-corrected chi connectivity index (χ4v) is 7.06. The van der Waals surface area contributed by atoms with Gasteiger partial charge in [-0.15, -0.1) is 0 Å². The molecule has 2 N–H and O–H groups in total. The summed E-state index contributed by atoms with van der Waals surface area (Å²) in [7, 11) is 0. The van der Waals surface area contributed by atoms with E-state index in [-0.39, 0.29) is 0 Å². The zero-order chi connectivity index (χ0) is 30.0. The van der Waals surface area contributed by atoms with Crippen molar-refractivity contribution in [3.63, 3.8) is 0 Å². The van der Waals surface area contributed by atoms with Crippen LogP contribution in [-0.4, -0.2) is 15.0 Å². The van der Waals surface area contributed by atoms with Gasteiger partial charge in [-0.25, -0.2) is 15.0 Å². The monoisotopic (exact) mass is 578 g/mol. The van der Waals surface area contributed by atoms with E-state index in [2.05, 4.69) is 78.9 Å². The number of hydrogen-bond acceptors (Lipinski definition) is 5. The van der Waals surface area contributed by atoms with Crippen molar-refractivity contribution in [1.82, 2.24) is 15.0 Å². The lowest BCUT2D eigenvalue weighted by Gasteiger charge is -2.39. The second kappa shape index (κ2) is 9.73. The van der Waals surface area contributed by atoms with Crippen LogP contribution in [0.4, 0.5) is 5.69 Å². The van der Waals surface area contributed by atoms with Crippen LogP contribution in [0, 0.1) is 0 Å². The fourth-order valence-electron chi connectivity index (χ4n) is 7.06. The molecule has 5 nitrogen and oxygen atoms in total. The third-order valence-electron chi connectivity index (χ3n) is 8.95. The molecule has 7 aromatic rings. The summed E-state index contributed by atoms with van der Waals surface area (Å²) in [5, 5.41) is 0. The van der Waals surface area contributed by atoms with Gasteiger partial charge < -0.3 is 10.5 Å². The van der Waals surface area contributed by atoms with E-state index in [1.165, 1.54) is 11.1 Å². The molecule has 0 bridgehead atoms. The number of rotatable bonds is 3. The van der Waals surface area contributed by atoms with E-state index in [0.29, 0.717) is 23.2 Å². The van der Waals surface area contributed by atoms with Gasteiger partial charge >= 0.3 is 0 Å². The molecule has 0 saturated heterocycles. The largest absolute Gasteiger partial charge is 0.457 e. The fraction of sp³-hybridized carbons (Fsp3) is 0.0250. The zero-order valence-corrected chi connectivity index (χ0v) is 24.2. The molecule has 0 unspecified atom stereocenters. The lowest BCUT2D eigenvalue weighted by molar-refractivity contribution is 0.436. The lowest BCUT2D eigenvalue weighted by Crippen LogP contribution is -2.32. The van der Waals surface area contributed by atoms with Gasteiger partial charge in [-0.3, -0.25) is 0 Å². The van der Waals surface area contributed by atoms with E-state index in [9.17, 15) is 0 Å². The summed E-state index contributed by atoms with van der Waals surface area (Å²) in [4.78, 5) is 15.2. The first-order chi connectivity index (χ1) is 22.2. The molecule has 1 aromatic heterocycles. The van der Waals surface area contributed by atoms with Crippen LogP contribution in [0.5, 0.6) is 11.5 Å². The Labute approximate surface area is 260 Å². The normalized spacial score (nSPS) is 13.3. The Morgan fingerprint density at radius 3 is 1.62 bits per heavy atom.